The van der Waals surface area contributed by atoms with Gasteiger partial charge in [-0.3, -0.25) is 0 Å². The lowest BCUT2D eigenvalue weighted by atomic mass is 10.2. The van der Waals surface area contributed by atoms with Crippen molar-refractivity contribution in [1.82, 2.24) is 4.57 Å². The molecule has 0 radical (unpaired) electrons. The first-order chi connectivity index (χ1) is 18.9. The molecule has 0 atom stereocenters. The van der Waals surface area contributed by atoms with Crippen LogP contribution in [-0.2, 0) is 0 Å². The third-order valence-corrected chi connectivity index (χ3v) is 11.2. The summed E-state index contributed by atoms with van der Waals surface area (Å²) in [5, 5.41) is 2.56. The van der Waals surface area contributed by atoms with E-state index in [1.165, 1.54) is 47.1 Å². The number of hydrogen-bond donors (Lipinski definition) is 0. The van der Waals surface area contributed by atoms with Gasteiger partial charge in [-0.1, -0.05) is 97.1 Å². The fourth-order valence-corrected chi connectivity index (χ4v) is 9.61. The summed E-state index contributed by atoms with van der Waals surface area (Å²) in [5.74, 6) is 0. The topological polar surface area (TPSA) is 4.93 Å². The van der Waals surface area contributed by atoms with Crippen LogP contribution < -0.4 is 0 Å². The third kappa shape index (κ3) is 3.49. The largest absolute Gasteiger partial charge is 0.309 e. The maximum atomic E-state index is 2.42. The summed E-state index contributed by atoms with van der Waals surface area (Å²) in [6.45, 7) is 0. The maximum Gasteiger partial charge on any atom is 0.0541 e. The molecule has 0 saturated heterocycles. The van der Waals surface area contributed by atoms with Gasteiger partial charge < -0.3 is 4.57 Å². The van der Waals surface area contributed by atoms with Gasteiger partial charge in [0.25, 0.3) is 0 Å². The van der Waals surface area contributed by atoms with E-state index in [0.29, 0.717) is 0 Å². The van der Waals surface area contributed by atoms with Crippen LogP contribution in [0.15, 0.2) is 183 Å². The Balaban J connectivity index is 1.58. The minimum Gasteiger partial charge on any atom is -0.309 e. The first kappa shape index (κ1) is 22.7. The molecule has 1 heterocycles. The van der Waals surface area contributed by atoms with Gasteiger partial charge in [0.15, 0.2) is 0 Å². The van der Waals surface area contributed by atoms with Crippen LogP contribution in [0.5, 0.6) is 0 Å². The fourth-order valence-electron chi connectivity index (χ4n) is 5.70. The molecule has 7 aromatic rings. The Morgan fingerprint density at radius 3 is 1.21 bits per heavy atom. The predicted octanol–water partition coefficient (Wildman–Crippen LogP) is 10.1. The minimum absolute atomic E-state index is 1.18. The van der Waals surface area contributed by atoms with Crippen molar-refractivity contribution in [3.63, 3.8) is 0 Å². The van der Waals surface area contributed by atoms with Crippen molar-refractivity contribution in [1.29, 1.82) is 0 Å². The van der Waals surface area contributed by atoms with Crippen LogP contribution in [0.1, 0.15) is 0 Å². The second-order valence-corrected chi connectivity index (χ2v) is 12.5. The molecule has 7 rings (SSSR count). The van der Waals surface area contributed by atoms with Crippen LogP contribution in [0.4, 0.5) is 0 Å². The molecule has 6 aromatic carbocycles. The molecule has 0 bridgehead atoms. The highest BCUT2D eigenvalue weighted by molar-refractivity contribution is 8.34. The standard InChI is InChI=1S/C36H27NS/c1-4-16-29(17-5-1)38(30-18-6-2-7-19-30,31-20-8-3-9-21-31)32-22-14-15-28(27-32)37-35-25-12-10-23-33(35)34-24-11-13-26-36(34)37/h1-27H. The highest BCUT2D eigenvalue weighted by Crippen LogP contribution is 2.73. The number of fused-ring (bicyclic) bond motifs is 3. The molecular weight excluding hydrogens is 478 g/mol. The molecule has 38 heavy (non-hydrogen) atoms. The normalized spacial score (nSPS) is 12.1. The van der Waals surface area contributed by atoms with Crippen LogP contribution in [0.3, 0.4) is 0 Å². The number of aromatic nitrogens is 1. The monoisotopic (exact) mass is 505 g/mol. The summed E-state index contributed by atoms with van der Waals surface area (Å²) in [4.78, 5) is 5.31. The molecule has 1 aromatic heterocycles. The Hall–Kier alpha value is -4.53. The highest BCUT2D eigenvalue weighted by Gasteiger charge is 2.33. The number of hydrogen-bond acceptors (Lipinski definition) is 0. The minimum atomic E-state index is -1.74. The molecule has 0 N–H and O–H groups in total. The first-order valence-electron chi connectivity index (χ1n) is 12.9. The van der Waals surface area contributed by atoms with E-state index in [-0.39, 0.29) is 0 Å². The van der Waals surface area contributed by atoms with Crippen molar-refractivity contribution in [3.05, 3.63) is 164 Å². The summed E-state index contributed by atoms with van der Waals surface area (Å²) in [7, 11) is -1.74. The van der Waals surface area contributed by atoms with Crippen LogP contribution in [-0.4, -0.2) is 4.57 Å². The van der Waals surface area contributed by atoms with Crippen LogP contribution >= 0.6 is 10.0 Å². The number of nitrogens with zero attached hydrogens (tertiary/aromatic N) is 1. The van der Waals surface area contributed by atoms with Gasteiger partial charge in [-0.25, -0.2) is 0 Å². The maximum absolute atomic E-state index is 2.42. The lowest BCUT2D eigenvalue weighted by Gasteiger charge is -2.42. The van der Waals surface area contributed by atoms with Gasteiger partial charge in [0.2, 0.25) is 0 Å². The summed E-state index contributed by atoms with van der Waals surface area (Å²) >= 11 is 0. The first-order valence-corrected chi connectivity index (χ1v) is 14.6. The van der Waals surface area contributed by atoms with Gasteiger partial charge in [-0.2, -0.15) is 0 Å². The number of benzene rings is 6. The molecule has 0 aliphatic rings. The molecule has 0 saturated carbocycles. The number of rotatable bonds is 5. The van der Waals surface area contributed by atoms with Crippen molar-refractivity contribution in [2.24, 2.45) is 0 Å². The van der Waals surface area contributed by atoms with E-state index >= 15 is 0 Å². The molecule has 0 unspecified atom stereocenters. The summed E-state index contributed by atoms with van der Waals surface area (Å²) in [5.41, 5.74) is 3.63. The Labute approximate surface area is 225 Å². The second-order valence-electron chi connectivity index (χ2n) is 9.42. The van der Waals surface area contributed by atoms with Crippen molar-refractivity contribution >= 4 is 31.8 Å². The summed E-state index contributed by atoms with van der Waals surface area (Å²) in [6, 6.07) is 59.7. The molecule has 182 valence electrons. The predicted molar refractivity (Wildman–Crippen MR) is 161 cm³/mol. The van der Waals surface area contributed by atoms with E-state index in [1.54, 1.807) is 0 Å². The average Bonchev–Trinajstić information content (AvgIpc) is 3.34. The van der Waals surface area contributed by atoms with Crippen LogP contribution in [0, 0.1) is 0 Å². The van der Waals surface area contributed by atoms with E-state index in [9.17, 15) is 0 Å². The van der Waals surface area contributed by atoms with E-state index in [2.05, 4.69) is 168 Å². The zero-order valence-corrected chi connectivity index (χ0v) is 21.8. The quantitative estimate of drug-likeness (QED) is 0.219. The Bertz CT molecular complexity index is 1700. The van der Waals surface area contributed by atoms with Crippen molar-refractivity contribution in [2.45, 2.75) is 19.6 Å². The van der Waals surface area contributed by atoms with Crippen LogP contribution in [0.25, 0.3) is 27.5 Å². The van der Waals surface area contributed by atoms with E-state index in [0.717, 1.165) is 0 Å². The van der Waals surface area contributed by atoms with Gasteiger partial charge in [0.1, 0.15) is 0 Å². The lowest BCUT2D eigenvalue weighted by Crippen LogP contribution is -2.06. The molecule has 0 amide bonds. The van der Waals surface area contributed by atoms with Crippen LogP contribution in [0.2, 0.25) is 0 Å². The van der Waals surface area contributed by atoms with E-state index in [4.69, 9.17) is 0 Å². The fraction of sp³-hybridized carbons (Fsp3) is 0. The summed E-state index contributed by atoms with van der Waals surface area (Å²) < 4.78 is 2.42. The zero-order chi connectivity index (χ0) is 25.4. The zero-order valence-electron chi connectivity index (χ0n) is 20.9. The lowest BCUT2D eigenvalue weighted by molar-refractivity contribution is 1.15. The number of para-hydroxylation sites is 2. The van der Waals surface area contributed by atoms with Gasteiger partial charge in [-0.15, -0.1) is 10.0 Å². The molecule has 0 aliphatic heterocycles. The molecule has 2 heteroatoms. The van der Waals surface area contributed by atoms with E-state index < -0.39 is 10.0 Å². The van der Waals surface area contributed by atoms with Gasteiger partial charge in [0, 0.05) is 36.0 Å². The molecule has 0 fully saturated rings. The Morgan fingerprint density at radius 1 is 0.342 bits per heavy atom. The van der Waals surface area contributed by atoms with E-state index in [1.807, 2.05) is 0 Å². The van der Waals surface area contributed by atoms with Gasteiger partial charge >= 0.3 is 0 Å². The second kappa shape index (κ2) is 9.41. The molecular formula is C36H27NS. The van der Waals surface area contributed by atoms with Crippen molar-refractivity contribution < 1.29 is 0 Å². The van der Waals surface area contributed by atoms with Crippen molar-refractivity contribution in [3.8, 4) is 5.69 Å². The molecule has 0 aliphatic carbocycles. The Morgan fingerprint density at radius 2 is 0.737 bits per heavy atom. The third-order valence-electron chi connectivity index (χ3n) is 7.30. The summed E-state index contributed by atoms with van der Waals surface area (Å²) in [6.07, 6.45) is 0. The van der Waals surface area contributed by atoms with Crippen molar-refractivity contribution in [2.75, 3.05) is 0 Å². The average molecular weight is 506 g/mol. The molecule has 0 spiro atoms. The SMILES string of the molecule is c1ccc(S(c2ccccc2)(c2ccccc2)c2cccc(-n3c4ccccc4c4ccccc43)c2)cc1. The Kier molecular flexibility index (Phi) is 5.61. The van der Waals surface area contributed by atoms with Gasteiger partial charge in [-0.05, 0) is 66.7 Å². The molecule has 1 nitrogen and oxygen atoms in total. The van der Waals surface area contributed by atoms with Gasteiger partial charge in [0.05, 0.1) is 11.0 Å². The smallest absolute Gasteiger partial charge is 0.0541 e. The highest BCUT2D eigenvalue weighted by atomic mass is 32.3.